The maximum atomic E-state index is 11.9. The van der Waals surface area contributed by atoms with Crippen LogP contribution in [0.1, 0.15) is 22.8 Å². The Hall–Kier alpha value is -1.51. The van der Waals surface area contributed by atoms with E-state index in [2.05, 4.69) is 22.1 Å². The van der Waals surface area contributed by atoms with Crippen molar-refractivity contribution in [2.45, 2.75) is 13.0 Å². The molecule has 5 heteroatoms. The molecule has 1 atom stereocenters. The number of carbonyl (C=O) groups excluding carboxylic acids is 1. The molecular weight excluding hydrogens is 248 g/mol. The van der Waals surface area contributed by atoms with Crippen LogP contribution in [0.25, 0.3) is 0 Å². The van der Waals surface area contributed by atoms with Gasteiger partial charge >= 0.3 is 0 Å². The molecule has 0 saturated carbocycles. The first-order valence-corrected chi connectivity index (χ1v) is 6.91. The molecule has 0 saturated heterocycles. The van der Waals surface area contributed by atoms with Crippen LogP contribution < -0.4 is 5.32 Å². The largest absolute Gasteiger partial charge is 0.384 e. The van der Waals surface area contributed by atoms with E-state index in [9.17, 15) is 4.79 Å². The number of aliphatic hydroxyl groups is 1. The highest BCUT2D eigenvalue weighted by Gasteiger charge is 2.09. The molecule has 0 spiro atoms. The lowest BCUT2D eigenvalue weighted by molar-refractivity contribution is 0.0943. The number of nitrogens with one attached hydrogen (secondary N) is 1. The average Bonchev–Trinajstić information content (AvgIpc) is 2.37. The summed E-state index contributed by atoms with van der Waals surface area (Å²) in [6, 6.07) is 1.77. The average molecular weight is 264 g/mol. The van der Waals surface area contributed by atoms with Gasteiger partial charge in [0.2, 0.25) is 0 Å². The minimum atomic E-state index is -0.207. The monoisotopic (exact) mass is 264 g/mol. The first kappa shape index (κ1) is 14.6. The third-order valence-corrected chi connectivity index (χ3v) is 2.94. The molecule has 4 nitrogen and oxygen atoms in total. The van der Waals surface area contributed by atoms with E-state index in [1.165, 1.54) is 6.20 Å². The zero-order valence-electron chi connectivity index (χ0n) is 10.4. The number of aromatic nitrogens is 1. The second kappa shape index (κ2) is 7.75. The molecule has 0 bridgehead atoms. The number of carbonyl (C=O) groups is 1. The summed E-state index contributed by atoms with van der Waals surface area (Å²) in [6.45, 7) is 1.75. The number of thioether (sulfide) groups is 1. The van der Waals surface area contributed by atoms with Crippen molar-refractivity contribution in [1.29, 1.82) is 0 Å². The number of hydrogen-bond donors (Lipinski definition) is 2. The van der Waals surface area contributed by atoms with Gasteiger partial charge in [-0.05, 0) is 19.2 Å². The molecule has 0 aliphatic heterocycles. The van der Waals surface area contributed by atoms with Crippen LogP contribution in [0.2, 0.25) is 0 Å². The smallest absolute Gasteiger partial charge is 0.253 e. The Morgan fingerprint density at radius 2 is 2.39 bits per heavy atom. The van der Waals surface area contributed by atoms with Crippen molar-refractivity contribution in [3.05, 3.63) is 29.6 Å². The lowest BCUT2D eigenvalue weighted by atomic mass is 10.2. The summed E-state index contributed by atoms with van der Waals surface area (Å²) >= 11 is 1.68. The van der Waals surface area contributed by atoms with Crippen LogP contribution in [0.5, 0.6) is 0 Å². The molecule has 0 aliphatic rings. The van der Waals surface area contributed by atoms with E-state index in [0.717, 1.165) is 5.75 Å². The van der Waals surface area contributed by atoms with Gasteiger partial charge in [0.15, 0.2) is 0 Å². The van der Waals surface area contributed by atoms with Crippen LogP contribution in [0, 0.1) is 11.8 Å². The number of rotatable bonds is 4. The summed E-state index contributed by atoms with van der Waals surface area (Å²) in [5.41, 5.74) is 1.10. The van der Waals surface area contributed by atoms with Gasteiger partial charge < -0.3 is 10.4 Å². The molecule has 1 aromatic heterocycles. The summed E-state index contributed by atoms with van der Waals surface area (Å²) in [4.78, 5) is 15.9. The van der Waals surface area contributed by atoms with Gasteiger partial charge in [0.05, 0.1) is 5.56 Å². The Kier molecular flexibility index (Phi) is 6.26. The van der Waals surface area contributed by atoms with Crippen molar-refractivity contribution in [3.8, 4) is 11.8 Å². The number of amides is 1. The fraction of sp³-hybridized carbons (Fsp3) is 0.385. The van der Waals surface area contributed by atoms with Crippen molar-refractivity contribution in [2.24, 2.45) is 0 Å². The maximum Gasteiger partial charge on any atom is 0.253 e. The molecule has 0 aliphatic carbocycles. The van der Waals surface area contributed by atoms with Crippen molar-refractivity contribution in [2.75, 3.05) is 18.6 Å². The summed E-state index contributed by atoms with van der Waals surface area (Å²) in [6.07, 6.45) is 5.06. The fourth-order valence-corrected chi connectivity index (χ4v) is 1.96. The lowest BCUT2D eigenvalue weighted by Gasteiger charge is -2.12. The third kappa shape index (κ3) is 4.78. The predicted octanol–water partition coefficient (Wildman–Crippen LogP) is 0.907. The van der Waals surface area contributed by atoms with Crippen LogP contribution >= 0.6 is 11.8 Å². The van der Waals surface area contributed by atoms with Crippen molar-refractivity contribution in [3.63, 3.8) is 0 Å². The Bertz CT molecular complexity index is 466. The molecule has 1 aromatic rings. The Morgan fingerprint density at radius 3 is 3.06 bits per heavy atom. The van der Waals surface area contributed by atoms with Crippen LogP contribution in [0.4, 0.5) is 0 Å². The van der Waals surface area contributed by atoms with E-state index in [1.54, 1.807) is 24.0 Å². The Balaban J connectivity index is 2.74. The van der Waals surface area contributed by atoms with E-state index in [-0.39, 0.29) is 18.6 Å². The molecule has 1 rings (SSSR count). The van der Waals surface area contributed by atoms with E-state index < -0.39 is 0 Å². The number of aliphatic hydroxyl groups excluding tert-OH is 1. The molecule has 0 radical (unpaired) electrons. The maximum absolute atomic E-state index is 11.9. The Labute approximate surface area is 111 Å². The van der Waals surface area contributed by atoms with Crippen LogP contribution in [0.15, 0.2) is 18.5 Å². The van der Waals surface area contributed by atoms with Gasteiger partial charge in [0.25, 0.3) is 5.91 Å². The molecule has 2 N–H and O–H groups in total. The van der Waals surface area contributed by atoms with Gasteiger partial charge in [-0.3, -0.25) is 9.78 Å². The topological polar surface area (TPSA) is 62.2 Å². The van der Waals surface area contributed by atoms with Gasteiger partial charge in [-0.15, -0.1) is 0 Å². The summed E-state index contributed by atoms with van der Waals surface area (Å²) in [5, 5.41) is 11.5. The summed E-state index contributed by atoms with van der Waals surface area (Å²) in [7, 11) is 0. The molecule has 18 heavy (non-hydrogen) atoms. The molecule has 0 fully saturated rings. The highest BCUT2D eigenvalue weighted by Crippen LogP contribution is 2.03. The molecule has 0 aromatic carbocycles. The molecule has 1 unspecified atom stereocenters. The van der Waals surface area contributed by atoms with E-state index >= 15 is 0 Å². The predicted molar refractivity (Wildman–Crippen MR) is 73.5 cm³/mol. The van der Waals surface area contributed by atoms with E-state index in [4.69, 9.17) is 5.11 Å². The molecular formula is C13H16N2O2S. The van der Waals surface area contributed by atoms with Crippen LogP contribution in [-0.2, 0) is 0 Å². The normalized spacial score (nSPS) is 11.3. The fourth-order valence-electron chi connectivity index (χ4n) is 1.37. The summed E-state index contributed by atoms with van der Waals surface area (Å²) < 4.78 is 0. The van der Waals surface area contributed by atoms with Crippen molar-refractivity contribution in [1.82, 2.24) is 10.3 Å². The highest BCUT2D eigenvalue weighted by atomic mass is 32.2. The first-order valence-electron chi connectivity index (χ1n) is 5.52. The SMILES string of the molecule is CSCC(C)NC(=O)c1cncc(C#CCO)c1. The minimum absolute atomic E-state index is 0.111. The quantitative estimate of drug-likeness (QED) is 0.793. The van der Waals surface area contributed by atoms with Crippen molar-refractivity contribution >= 4 is 17.7 Å². The van der Waals surface area contributed by atoms with Crippen LogP contribution in [-0.4, -0.2) is 40.7 Å². The highest BCUT2D eigenvalue weighted by molar-refractivity contribution is 7.98. The first-order chi connectivity index (χ1) is 8.67. The van der Waals surface area contributed by atoms with Gasteiger partial charge in [-0.2, -0.15) is 11.8 Å². The second-order valence-electron chi connectivity index (χ2n) is 3.75. The van der Waals surface area contributed by atoms with Gasteiger partial charge in [0.1, 0.15) is 6.61 Å². The van der Waals surface area contributed by atoms with E-state index in [0.29, 0.717) is 11.1 Å². The third-order valence-electron chi connectivity index (χ3n) is 2.11. The zero-order chi connectivity index (χ0) is 13.4. The van der Waals surface area contributed by atoms with Crippen molar-refractivity contribution < 1.29 is 9.90 Å². The molecule has 96 valence electrons. The van der Waals surface area contributed by atoms with Gasteiger partial charge in [-0.25, -0.2) is 0 Å². The standard InChI is InChI=1S/C13H16N2O2S/c1-10(9-18-2)15-13(17)12-6-11(4-3-5-16)7-14-8-12/h6-8,10,16H,5,9H2,1-2H3,(H,15,17). The minimum Gasteiger partial charge on any atom is -0.384 e. The van der Waals surface area contributed by atoms with Gasteiger partial charge in [0, 0.05) is 29.8 Å². The summed E-state index contributed by atoms with van der Waals surface area (Å²) in [5.74, 6) is 5.95. The van der Waals surface area contributed by atoms with Gasteiger partial charge in [-0.1, -0.05) is 11.8 Å². The van der Waals surface area contributed by atoms with Crippen LogP contribution in [0.3, 0.4) is 0 Å². The lowest BCUT2D eigenvalue weighted by Crippen LogP contribution is -2.34. The number of hydrogen-bond acceptors (Lipinski definition) is 4. The zero-order valence-corrected chi connectivity index (χ0v) is 11.3. The second-order valence-corrected chi connectivity index (χ2v) is 4.66. The number of pyridine rings is 1. The Morgan fingerprint density at radius 1 is 1.61 bits per heavy atom. The molecule has 1 heterocycles. The van der Waals surface area contributed by atoms with E-state index in [1.807, 2.05) is 13.2 Å². The number of nitrogens with zero attached hydrogens (tertiary/aromatic N) is 1. The molecule has 1 amide bonds.